The van der Waals surface area contributed by atoms with E-state index in [1.54, 1.807) is 0 Å². The van der Waals surface area contributed by atoms with Crippen molar-refractivity contribution in [3.05, 3.63) is 0 Å². The van der Waals surface area contributed by atoms with Crippen molar-refractivity contribution < 1.29 is 0 Å². The summed E-state index contributed by atoms with van der Waals surface area (Å²) >= 11 is 8.07. The molecule has 0 atom stereocenters. The molecule has 0 aliphatic heterocycles. The molecule has 134 valence electrons. The summed E-state index contributed by atoms with van der Waals surface area (Å²) in [6.07, 6.45) is 23.5. The Labute approximate surface area is 179 Å². The van der Waals surface area contributed by atoms with E-state index >= 15 is 0 Å². The monoisotopic (exact) mass is 662 g/mol. The molecule has 0 aromatic rings. The van der Waals surface area contributed by atoms with E-state index in [1.165, 1.54) is 109 Å². The van der Waals surface area contributed by atoms with Gasteiger partial charge in [0.05, 0.1) is 0 Å². The number of unbranched alkanes of at least 4 members (excludes halogenated alkanes) is 15. The lowest BCUT2D eigenvalue weighted by atomic mass is 10.0. The maximum absolute atomic E-state index is 2.69. The molecule has 0 aliphatic rings. The largest absolute Gasteiger partial charge is 0.253 e. The van der Waals surface area contributed by atoms with Crippen molar-refractivity contribution in [1.82, 2.24) is 0 Å². The molecular weight excluding hydrogens is 625 g/mol. The van der Waals surface area contributed by atoms with E-state index in [9.17, 15) is 0 Å². The highest BCUT2D eigenvalue weighted by Crippen LogP contribution is 2.35. The Morgan fingerprint density at radius 1 is 0.455 bits per heavy atom. The van der Waals surface area contributed by atoms with Crippen molar-refractivity contribution in [1.29, 1.82) is 0 Å². The molecule has 0 heterocycles. The lowest BCUT2D eigenvalue weighted by Crippen LogP contribution is -2.03. The van der Waals surface area contributed by atoms with Gasteiger partial charge in [0.1, 0.15) is 0 Å². The quantitative estimate of drug-likeness (QED) is 0.0631. The Balaban J connectivity index is 3.00. The summed E-state index contributed by atoms with van der Waals surface area (Å²) in [6.45, 7) is 2.30. The maximum Gasteiger partial charge on any atom is 0.253 e. The van der Waals surface area contributed by atoms with E-state index in [1.807, 2.05) is 0 Å². The topological polar surface area (TPSA) is 0 Å². The SMILES string of the molecule is CCCCCCCCCCCCCCCCCC[Si](I)(I)I. The van der Waals surface area contributed by atoms with Gasteiger partial charge in [0.2, 0.25) is 0 Å². The fraction of sp³-hybridized carbons (Fsp3) is 1.00. The fourth-order valence-electron chi connectivity index (χ4n) is 2.87. The summed E-state index contributed by atoms with van der Waals surface area (Å²) in [7, 11) is 0. The van der Waals surface area contributed by atoms with Gasteiger partial charge in [0, 0.05) is 0 Å². The predicted molar refractivity (Wildman–Crippen MR) is 132 cm³/mol. The molecule has 0 aromatic carbocycles. The first kappa shape index (κ1) is 24.4. The number of hydrogen-bond donors (Lipinski definition) is 0. The van der Waals surface area contributed by atoms with Gasteiger partial charge in [-0.15, -0.1) is 0 Å². The molecule has 22 heavy (non-hydrogen) atoms. The molecule has 4 heteroatoms. The normalized spacial score (nSPS) is 12.0. The van der Waals surface area contributed by atoms with E-state index in [0.29, 0.717) is 0 Å². The lowest BCUT2D eigenvalue weighted by molar-refractivity contribution is 0.531. The second-order valence-electron chi connectivity index (χ2n) is 6.67. The summed E-state index contributed by atoms with van der Waals surface area (Å²) in [5.74, 6) is 0. The Bertz CT molecular complexity index is 217. The van der Waals surface area contributed by atoms with E-state index in [0.717, 1.165) is 0 Å². The van der Waals surface area contributed by atoms with Crippen LogP contribution >= 0.6 is 65.4 Å². The van der Waals surface area contributed by atoms with Crippen LogP contribution in [0.25, 0.3) is 0 Å². The zero-order chi connectivity index (χ0) is 16.5. The van der Waals surface area contributed by atoms with Gasteiger partial charge in [-0.05, 0) is 6.04 Å². The summed E-state index contributed by atoms with van der Waals surface area (Å²) in [4.78, 5) is 0. The van der Waals surface area contributed by atoms with Crippen molar-refractivity contribution in [2.75, 3.05) is 0 Å². The molecule has 0 saturated carbocycles. The molecule has 0 spiro atoms. The fourth-order valence-corrected chi connectivity index (χ4v) is 6.96. The third kappa shape index (κ3) is 22.4. The van der Waals surface area contributed by atoms with Gasteiger partial charge >= 0.3 is 0 Å². The van der Waals surface area contributed by atoms with Gasteiger partial charge < -0.3 is 0 Å². The first-order valence-electron chi connectivity index (χ1n) is 9.63. The highest BCUT2D eigenvalue weighted by molar-refractivity contribution is 14.4. The zero-order valence-electron chi connectivity index (χ0n) is 14.7. The van der Waals surface area contributed by atoms with Crippen LogP contribution in [-0.4, -0.2) is 0.564 Å². The first-order chi connectivity index (χ1) is 10.6. The molecular formula is C18H37I3Si. The van der Waals surface area contributed by atoms with Crippen LogP contribution in [0.4, 0.5) is 0 Å². The van der Waals surface area contributed by atoms with E-state index in [2.05, 4.69) is 72.3 Å². The van der Waals surface area contributed by atoms with Crippen LogP contribution in [0, 0.1) is 0 Å². The Morgan fingerprint density at radius 3 is 1.00 bits per heavy atom. The van der Waals surface area contributed by atoms with Crippen molar-refractivity contribution in [3.8, 4) is 0 Å². The summed E-state index contributed by atoms with van der Waals surface area (Å²) in [5, 5.41) is 0. The molecule has 0 saturated heterocycles. The van der Waals surface area contributed by atoms with Crippen LogP contribution in [0.3, 0.4) is 0 Å². The Kier molecular flexibility index (Phi) is 20.2. The number of hydrogen-bond acceptors (Lipinski definition) is 0. The minimum atomic E-state index is -0.854. The highest BCUT2D eigenvalue weighted by atomic mass is 127. The number of rotatable bonds is 17. The summed E-state index contributed by atoms with van der Waals surface area (Å²) in [5.41, 5.74) is 0. The molecule has 0 nitrogen and oxygen atoms in total. The predicted octanol–water partition coefficient (Wildman–Crippen LogP) is 9.49. The maximum atomic E-state index is 2.69. The Morgan fingerprint density at radius 2 is 0.727 bits per heavy atom. The smallest absolute Gasteiger partial charge is 0.0909 e. The third-order valence-electron chi connectivity index (χ3n) is 4.31. The van der Waals surface area contributed by atoms with Gasteiger partial charge in [-0.1, -0.05) is 175 Å². The molecule has 0 unspecified atom stereocenters. The van der Waals surface area contributed by atoms with Crippen LogP contribution in [-0.2, 0) is 0 Å². The summed E-state index contributed by atoms with van der Waals surface area (Å²) in [6, 6.07) is 1.49. The minimum absolute atomic E-state index is 0.854. The van der Waals surface area contributed by atoms with Crippen LogP contribution in [0.5, 0.6) is 0 Å². The van der Waals surface area contributed by atoms with Gasteiger partial charge in [0.25, 0.3) is 0.564 Å². The second-order valence-corrected chi connectivity index (χ2v) is 43.5. The van der Waals surface area contributed by atoms with Gasteiger partial charge in [0.15, 0.2) is 0 Å². The van der Waals surface area contributed by atoms with Crippen LogP contribution in [0.1, 0.15) is 110 Å². The van der Waals surface area contributed by atoms with Crippen molar-refractivity contribution >= 4 is 66.0 Å². The molecule has 0 bridgehead atoms. The third-order valence-corrected chi connectivity index (χ3v) is 10.1. The second kappa shape index (κ2) is 18.2. The van der Waals surface area contributed by atoms with Gasteiger partial charge in [-0.25, -0.2) is 0 Å². The highest BCUT2D eigenvalue weighted by Gasteiger charge is 2.19. The molecule has 0 fully saturated rings. The molecule has 0 N–H and O–H groups in total. The van der Waals surface area contributed by atoms with Crippen LogP contribution in [0.15, 0.2) is 0 Å². The molecule has 0 amide bonds. The summed E-state index contributed by atoms with van der Waals surface area (Å²) < 4.78 is -0.854. The standard InChI is InChI=1S/C18H37I3Si/c1-2-3-4-5-6-7-8-9-10-11-12-13-14-15-16-17-18-22(19,20)21/h2-18H2,1H3. The van der Waals surface area contributed by atoms with E-state index < -0.39 is 0.564 Å². The van der Waals surface area contributed by atoms with Crippen molar-refractivity contribution in [2.45, 2.75) is 116 Å². The molecule has 0 radical (unpaired) electrons. The van der Waals surface area contributed by atoms with E-state index in [-0.39, 0.29) is 0 Å². The molecule has 0 aliphatic carbocycles. The van der Waals surface area contributed by atoms with Crippen molar-refractivity contribution in [2.24, 2.45) is 0 Å². The van der Waals surface area contributed by atoms with Gasteiger partial charge in [-0.3, -0.25) is 0 Å². The molecule has 0 aromatic heterocycles. The zero-order valence-corrected chi connectivity index (χ0v) is 22.1. The van der Waals surface area contributed by atoms with Crippen molar-refractivity contribution in [3.63, 3.8) is 0 Å². The average Bonchev–Trinajstić information content (AvgIpc) is 2.45. The minimum Gasteiger partial charge on any atom is -0.0909 e. The average molecular weight is 662 g/mol. The van der Waals surface area contributed by atoms with Crippen LogP contribution < -0.4 is 0 Å². The lowest BCUT2D eigenvalue weighted by Gasteiger charge is -2.08. The van der Waals surface area contributed by atoms with Crippen LogP contribution in [0.2, 0.25) is 6.04 Å². The Hall–Kier alpha value is 2.41. The first-order valence-corrected chi connectivity index (χ1v) is 21.2. The van der Waals surface area contributed by atoms with E-state index in [4.69, 9.17) is 0 Å². The van der Waals surface area contributed by atoms with Gasteiger partial charge in [-0.2, -0.15) is 0 Å². The number of halogens is 3. The molecule has 0 rings (SSSR count).